The molecule has 1 aromatic heterocycles. The van der Waals surface area contributed by atoms with Gasteiger partial charge in [0.2, 0.25) is 0 Å². The molecule has 0 spiro atoms. The molecule has 2 aromatic carbocycles. The number of aromatic nitrogens is 1. The van der Waals surface area contributed by atoms with Gasteiger partial charge >= 0.3 is 5.97 Å². The zero-order valence-corrected chi connectivity index (χ0v) is 16.7. The average molecular weight is 394 g/mol. The number of carbonyl (C=O) groups is 2. The zero-order valence-electron chi connectivity index (χ0n) is 15.8. The van der Waals surface area contributed by atoms with Crippen molar-refractivity contribution in [2.45, 2.75) is 32.8 Å². The topological polar surface area (TPSA) is 68.3 Å². The van der Waals surface area contributed by atoms with Crippen LogP contribution in [0.4, 0.5) is 5.69 Å². The van der Waals surface area contributed by atoms with E-state index in [1.54, 1.807) is 18.3 Å². The maximum absolute atomic E-state index is 12.3. The highest BCUT2D eigenvalue weighted by atomic mass is 32.1. The predicted molar refractivity (Wildman–Crippen MR) is 110 cm³/mol. The summed E-state index contributed by atoms with van der Waals surface area (Å²) >= 11 is 1.69. The molecule has 6 heteroatoms. The van der Waals surface area contributed by atoms with Gasteiger partial charge in [-0.05, 0) is 49.1 Å². The second-order valence-electron chi connectivity index (χ2n) is 7.34. The molecule has 28 heavy (non-hydrogen) atoms. The van der Waals surface area contributed by atoms with Gasteiger partial charge in [-0.25, -0.2) is 4.98 Å². The van der Waals surface area contributed by atoms with E-state index in [0.717, 1.165) is 28.9 Å². The van der Waals surface area contributed by atoms with E-state index in [2.05, 4.69) is 16.4 Å². The molecule has 1 amide bonds. The third-order valence-electron chi connectivity index (χ3n) is 4.99. The van der Waals surface area contributed by atoms with Gasteiger partial charge in [-0.3, -0.25) is 9.59 Å². The normalized spacial score (nSPS) is 19.2. The van der Waals surface area contributed by atoms with E-state index < -0.39 is 6.10 Å². The highest BCUT2D eigenvalue weighted by Crippen LogP contribution is 2.38. The molecule has 3 aromatic rings. The number of fused-ring (bicyclic) bond motifs is 1. The number of ether oxygens (including phenoxy) is 1. The van der Waals surface area contributed by atoms with Crippen LogP contribution in [0.1, 0.15) is 30.8 Å². The number of amides is 1. The maximum atomic E-state index is 12.3. The number of para-hydroxylation sites is 1. The zero-order chi connectivity index (χ0) is 19.7. The number of thiazole rings is 1. The Morgan fingerprint density at radius 3 is 2.61 bits per heavy atom. The molecule has 0 saturated heterocycles. The smallest absolute Gasteiger partial charge is 0.309 e. The van der Waals surface area contributed by atoms with Crippen LogP contribution in [0.2, 0.25) is 0 Å². The van der Waals surface area contributed by atoms with Gasteiger partial charge < -0.3 is 10.1 Å². The van der Waals surface area contributed by atoms with Gasteiger partial charge in [-0.2, -0.15) is 0 Å². The van der Waals surface area contributed by atoms with E-state index in [4.69, 9.17) is 4.74 Å². The lowest BCUT2D eigenvalue weighted by atomic mass is 10.1. The minimum absolute atomic E-state index is 0.0444. The van der Waals surface area contributed by atoms with Crippen LogP contribution >= 0.6 is 11.3 Å². The standard InChI is InChI=1S/C22H22N2O3S/c1-13-11-17(13)22(26)27-14(2)21(25)23-16-9-7-15(8-10-16)12-20-24-18-5-3-4-6-19(18)28-20/h3-10,13-14,17H,11-12H2,1-2H3,(H,23,25)/t13-,14-,17-/m0/s1. The molecular formula is C22H22N2O3S. The summed E-state index contributed by atoms with van der Waals surface area (Å²) in [6, 6.07) is 15.8. The fourth-order valence-corrected chi connectivity index (χ4v) is 4.09. The number of rotatable bonds is 6. The number of nitrogens with zero attached hydrogens (tertiary/aromatic N) is 1. The molecule has 1 heterocycles. The van der Waals surface area contributed by atoms with E-state index in [-0.39, 0.29) is 17.8 Å². The predicted octanol–water partition coefficient (Wildman–Crippen LogP) is 4.41. The number of carbonyl (C=O) groups excluding carboxylic acids is 2. The van der Waals surface area contributed by atoms with E-state index >= 15 is 0 Å². The Hall–Kier alpha value is -2.73. The molecule has 4 rings (SSSR count). The van der Waals surface area contributed by atoms with Crippen molar-refractivity contribution in [2.75, 3.05) is 5.32 Å². The van der Waals surface area contributed by atoms with Crippen molar-refractivity contribution in [2.24, 2.45) is 11.8 Å². The van der Waals surface area contributed by atoms with Gasteiger partial charge in [-0.1, -0.05) is 31.2 Å². The van der Waals surface area contributed by atoms with Gasteiger partial charge in [0.1, 0.15) is 0 Å². The first kappa shape index (κ1) is 18.6. The molecule has 1 aliphatic carbocycles. The molecule has 0 bridgehead atoms. The van der Waals surface area contributed by atoms with Gasteiger partial charge in [0, 0.05) is 12.1 Å². The molecular weight excluding hydrogens is 372 g/mol. The number of hydrogen-bond donors (Lipinski definition) is 1. The maximum Gasteiger partial charge on any atom is 0.309 e. The lowest BCUT2D eigenvalue weighted by molar-refractivity contribution is -0.154. The number of anilines is 1. The van der Waals surface area contributed by atoms with Crippen LogP contribution in [0, 0.1) is 11.8 Å². The summed E-state index contributed by atoms with van der Waals surface area (Å²) < 4.78 is 6.44. The summed E-state index contributed by atoms with van der Waals surface area (Å²) in [5, 5.41) is 3.86. The van der Waals surface area contributed by atoms with Crippen LogP contribution in [0.15, 0.2) is 48.5 Å². The molecule has 144 valence electrons. The Morgan fingerprint density at radius 2 is 1.93 bits per heavy atom. The first-order valence-corrected chi connectivity index (χ1v) is 10.3. The monoisotopic (exact) mass is 394 g/mol. The van der Waals surface area contributed by atoms with E-state index in [1.165, 1.54) is 4.70 Å². The molecule has 1 aliphatic rings. The lowest BCUT2D eigenvalue weighted by Gasteiger charge is -2.13. The third-order valence-corrected chi connectivity index (χ3v) is 6.03. The summed E-state index contributed by atoms with van der Waals surface area (Å²) in [4.78, 5) is 28.8. The molecule has 0 radical (unpaired) electrons. The summed E-state index contributed by atoms with van der Waals surface area (Å²) in [6.07, 6.45) is 0.799. The van der Waals surface area contributed by atoms with Gasteiger partial charge in [-0.15, -0.1) is 11.3 Å². The van der Waals surface area contributed by atoms with Gasteiger partial charge in [0.05, 0.1) is 21.1 Å². The molecule has 3 atom stereocenters. The highest BCUT2D eigenvalue weighted by Gasteiger charge is 2.41. The van der Waals surface area contributed by atoms with Crippen LogP contribution in [0.5, 0.6) is 0 Å². The second-order valence-corrected chi connectivity index (χ2v) is 8.45. The molecule has 1 N–H and O–H groups in total. The minimum atomic E-state index is -0.803. The van der Waals surface area contributed by atoms with Crippen LogP contribution in [-0.4, -0.2) is 23.0 Å². The van der Waals surface area contributed by atoms with E-state index in [9.17, 15) is 9.59 Å². The number of hydrogen-bond acceptors (Lipinski definition) is 5. The van der Waals surface area contributed by atoms with E-state index in [0.29, 0.717) is 11.6 Å². The fourth-order valence-electron chi connectivity index (χ4n) is 3.09. The Bertz CT molecular complexity index is 979. The quantitative estimate of drug-likeness (QED) is 0.629. The van der Waals surface area contributed by atoms with Gasteiger partial charge in [0.15, 0.2) is 6.10 Å². The van der Waals surface area contributed by atoms with Crippen LogP contribution in [-0.2, 0) is 20.7 Å². The van der Waals surface area contributed by atoms with Crippen LogP contribution in [0.25, 0.3) is 10.2 Å². The molecule has 1 fully saturated rings. The third kappa shape index (κ3) is 4.22. The summed E-state index contributed by atoms with van der Waals surface area (Å²) in [7, 11) is 0. The largest absolute Gasteiger partial charge is 0.452 e. The SMILES string of the molecule is C[C@H](OC(=O)[C@H]1C[C@@H]1C)C(=O)Nc1ccc(Cc2nc3ccccc3s2)cc1. The minimum Gasteiger partial charge on any atom is -0.452 e. The first-order valence-electron chi connectivity index (χ1n) is 9.44. The number of nitrogens with one attached hydrogen (secondary N) is 1. The number of esters is 1. The lowest BCUT2D eigenvalue weighted by Crippen LogP contribution is -2.30. The first-order chi connectivity index (χ1) is 13.5. The van der Waals surface area contributed by atoms with Crippen molar-refractivity contribution >= 4 is 39.1 Å². The van der Waals surface area contributed by atoms with Crippen molar-refractivity contribution in [1.82, 2.24) is 4.98 Å². The number of benzene rings is 2. The van der Waals surface area contributed by atoms with E-state index in [1.807, 2.05) is 49.4 Å². The van der Waals surface area contributed by atoms with Crippen molar-refractivity contribution in [3.05, 3.63) is 59.1 Å². The summed E-state index contributed by atoms with van der Waals surface area (Å²) in [5.74, 6) is -0.273. The molecule has 5 nitrogen and oxygen atoms in total. The van der Waals surface area contributed by atoms with Crippen molar-refractivity contribution in [3.63, 3.8) is 0 Å². The van der Waals surface area contributed by atoms with Gasteiger partial charge in [0.25, 0.3) is 5.91 Å². The summed E-state index contributed by atoms with van der Waals surface area (Å²) in [5.41, 5.74) is 2.83. The Labute approximate surface area is 167 Å². The molecule has 1 saturated carbocycles. The molecule has 0 unspecified atom stereocenters. The van der Waals surface area contributed by atoms with Crippen LogP contribution in [0.3, 0.4) is 0 Å². The highest BCUT2D eigenvalue weighted by molar-refractivity contribution is 7.18. The fraction of sp³-hybridized carbons (Fsp3) is 0.318. The average Bonchev–Trinajstić information content (AvgIpc) is 3.27. The van der Waals surface area contributed by atoms with Crippen molar-refractivity contribution < 1.29 is 14.3 Å². The summed E-state index contributed by atoms with van der Waals surface area (Å²) in [6.45, 7) is 3.61. The van der Waals surface area contributed by atoms with Crippen molar-refractivity contribution in [1.29, 1.82) is 0 Å². The van der Waals surface area contributed by atoms with Crippen LogP contribution < -0.4 is 5.32 Å². The Kier molecular flexibility index (Phi) is 5.13. The second kappa shape index (κ2) is 7.72. The Morgan fingerprint density at radius 1 is 1.21 bits per heavy atom. The Balaban J connectivity index is 1.33. The van der Waals surface area contributed by atoms with Crippen molar-refractivity contribution in [3.8, 4) is 0 Å². The molecule has 0 aliphatic heterocycles.